The zero-order valence-corrected chi connectivity index (χ0v) is 15.0. The average Bonchev–Trinajstić information content (AvgIpc) is 3.23. The van der Waals surface area contributed by atoms with Crippen LogP contribution in [0, 0.1) is 5.92 Å². The number of allylic oxidation sites excluding steroid dienone is 9. The lowest BCUT2D eigenvalue weighted by Gasteiger charge is -2.12. The summed E-state index contributed by atoms with van der Waals surface area (Å²) >= 11 is 0. The highest BCUT2D eigenvalue weighted by Crippen LogP contribution is 2.42. The minimum Gasteiger partial charge on any atom is -0.0998 e. The van der Waals surface area contributed by atoms with E-state index < -0.39 is 0 Å². The Morgan fingerprint density at radius 2 is 1.83 bits per heavy atom. The van der Waals surface area contributed by atoms with Gasteiger partial charge in [-0.05, 0) is 42.4 Å². The fourth-order valence-electron chi connectivity index (χ4n) is 3.69. The van der Waals surface area contributed by atoms with Crippen LogP contribution in [0.2, 0.25) is 0 Å². The maximum Gasteiger partial charge on any atom is 0.0136 e. The molecule has 0 bridgehead atoms. The first-order valence-electron chi connectivity index (χ1n) is 9.22. The van der Waals surface area contributed by atoms with Crippen LogP contribution in [-0.4, -0.2) is 0 Å². The van der Waals surface area contributed by atoms with Crippen molar-refractivity contribution in [3.05, 3.63) is 89.6 Å². The Morgan fingerprint density at radius 1 is 1.08 bits per heavy atom. The Labute approximate surface area is 147 Å². The van der Waals surface area contributed by atoms with Crippen molar-refractivity contribution in [2.24, 2.45) is 5.92 Å². The third kappa shape index (κ3) is 3.70. The molecule has 2 aliphatic carbocycles. The fraction of sp³-hybridized carbons (Fsp3) is 0.333. The molecule has 1 unspecified atom stereocenters. The summed E-state index contributed by atoms with van der Waals surface area (Å²) in [6.07, 6.45) is 18.1. The maximum atomic E-state index is 4.22. The van der Waals surface area contributed by atoms with Gasteiger partial charge in [0.25, 0.3) is 0 Å². The van der Waals surface area contributed by atoms with E-state index >= 15 is 0 Å². The van der Waals surface area contributed by atoms with Crippen molar-refractivity contribution >= 4 is 5.57 Å². The van der Waals surface area contributed by atoms with Crippen LogP contribution in [0.4, 0.5) is 0 Å². The normalized spacial score (nSPS) is 19.7. The van der Waals surface area contributed by atoms with E-state index in [1.54, 1.807) is 0 Å². The van der Waals surface area contributed by atoms with Crippen molar-refractivity contribution < 1.29 is 0 Å². The van der Waals surface area contributed by atoms with E-state index in [2.05, 4.69) is 81.1 Å². The van der Waals surface area contributed by atoms with Gasteiger partial charge in [-0.15, -0.1) is 0 Å². The monoisotopic (exact) mass is 316 g/mol. The van der Waals surface area contributed by atoms with Crippen molar-refractivity contribution in [2.45, 2.75) is 45.4 Å². The van der Waals surface area contributed by atoms with Crippen molar-refractivity contribution in [2.75, 3.05) is 0 Å². The van der Waals surface area contributed by atoms with E-state index in [1.807, 2.05) is 0 Å². The summed E-state index contributed by atoms with van der Waals surface area (Å²) in [5, 5.41) is 0. The summed E-state index contributed by atoms with van der Waals surface area (Å²) < 4.78 is 0. The number of rotatable bonds is 7. The third-order valence-corrected chi connectivity index (χ3v) is 5.19. The summed E-state index contributed by atoms with van der Waals surface area (Å²) in [7, 11) is 0. The Balaban J connectivity index is 1.83. The van der Waals surface area contributed by atoms with Gasteiger partial charge in [-0.3, -0.25) is 0 Å². The maximum absolute atomic E-state index is 4.22. The van der Waals surface area contributed by atoms with Gasteiger partial charge in [0.2, 0.25) is 0 Å². The number of fused-ring (bicyclic) bond motifs is 1. The average molecular weight is 316 g/mol. The topological polar surface area (TPSA) is 0 Å². The van der Waals surface area contributed by atoms with E-state index in [0.717, 1.165) is 25.7 Å². The lowest BCUT2D eigenvalue weighted by Crippen LogP contribution is -1.94. The standard InChI is InChI=1S/C24H28/c1-4-18(3)14-21-17-22(24-13-9-8-12-23(21)24)16-19(5-2)15-20-10-6-7-11-20/h6-13,15,17,20-21H,3-5,14,16H2,1-2H3/b19-15-. The highest BCUT2D eigenvalue weighted by molar-refractivity contribution is 5.76. The Kier molecular flexibility index (Phi) is 5.35. The molecule has 0 aromatic heterocycles. The van der Waals surface area contributed by atoms with Crippen LogP contribution in [0.1, 0.15) is 56.6 Å². The lowest BCUT2D eigenvalue weighted by atomic mass is 9.93. The second-order valence-electron chi connectivity index (χ2n) is 6.90. The molecule has 0 aliphatic heterocycles. The van der Waals surface area contributed by atoms with Crippen LogP contribution >= 0.6 is 0 Å². The van der Waals surface area contributed by atoms with Crippen molar-refractivity contribution in [3.8, 4) is 0 Å². The Hall–Kier alpha value is -2.08. The van der Waals surface area contributed by atoms with E-state index in [0.29, 0.717) is 11.8 Å². The fourth-order valence-corrected chi connectivity index (χ4v) is 3.69. The van der Waals surface area contributed by atoms with Crippen molar-refractivity contribution in [1.29, 1.82) is 0 Å². The van der Waals surface area contributed by atoms with Gasteiger partial charge in [-0.25, -0.2) is 0 Å². The second kappa shape index (κ2) is 7.66. The van der Waals surface area contributed by atoms with Crippen molar-refractivity contribution in [1.82, 2.24) is 0 Å². The molecule has 0 fully saturated rings. The molecule has 0 heteroatoms. The summed E-state index contributed by atoms with van der Waals surface area (Å²) in [5.74, 6) is 0.987. The highest BCUT2D eigenvalue weighted by atomic mass is 14.3. The zero-order chi connectivity index (χ0) is 16.9. The van der Waals surface area contributed by atoms with Crippen LogP contribution < -0.4 is 0 Å². The summed E-state index contributed by atoms with van der Waals surface area (Å²) in [6.45, 7) is 8.70. The van der Waals surface area contributed by atoms with Gasteiger partial charge in [0.15, 0.2) is 0 Å². The largest absolute Gasteiger partial charge is 0.0998 e. The molecule has 0 radical (unpaired) electrons. The molecule has 0 nitrogen and oxygen atoms in total. The molecule has 0 heterocycles. The van der Waals surface area contributed by atoms with Crippen LogP contribution in [0.15, 0.2) is 78.4 Å². The Bertz CT molecular complexity index is 712. The smallest absolute Gasteiger partial charge is 0.0136 e. The molecule has 1 atom stereocenters. The van der Waals surface area contributed by atoms with E-state index in [-0.39, 0.29) is 0 Å². The quantitative estimate of drug-likeness (QED) is 0.475. The first-order valence-corrected chi connectivity index (χ1v) is 9.22. The number of hydrogen-bond donors (Lipinski definition) is 0. The van der Waals surface area contributed by atoms with Gasteiger partial charge in [0.05, 0.1) is 0 Å². The minimum absolute atomic E-state index is 0.480. The van der Waals surface area contributed by atoms with E-state index in [9.17, 15) is 0 Å². The third-order valence-electron chi connectivity index (χ3n) is 5.19. The molecule has 124 valence electrons. The highest BCUT2D eigenvalue weighted by Gasteiger charge is 2.23. The molecule has 24 heavy (non-hydrogen) atoms. The molecule has 2 aliphatic rings. The van der Waals surface area contributed by atoms with Crippen LogP contribution in [0.3, 0.4) is 0 Å². The van der Waals surface area contributed by atoms with E-state index in [4.69, 9.17) is 0 Å². The lowest BCUT2D eigenvalue weighted by molar-refractivity contribution is 0.808. The molecule has 0 N–H and O–H groups in total. The van der Waals surface area contributed by atoms with Gasteiger partial charge in [-0.2, -0.15) is 0 Å². The molecular formula is C24H28. The van der Waals surface area contributed by atoms with Crippen LogP contribution in [0.25, 0.3) is 5.57 Å². The van der Waals surface area contributed by atoms with Gasteiger partial charge >= 0.3 is 0 Å². The van der Waals surface area contributed by atoms with Gasteiger partial charge in [0, 0.05) is 11.8 Å². The molecule has 0 saturated heterocycles. The first-order chi connectivity index (χ1) is 11.7. The zero-order valence-electron chi connectivity index (χ0n) is 15.0. The second-order valence-corrected chi connectivity index (χ2v) is 6.90. The minimum atomic E-state index is 0.480. The van der Waals surface area contributed by atoms with Crippen LogP contribution in [0.5, 0.6) is 0 Å². The van der Waals surface area contributed by atoms with Crippen molar-refractivity contribution in [3.63, 3.8) is 0 Å². The van der Waals surface area contributed by atoms with Gasteiger partial charge < -0.3 is 0 Å². The summed E-state index contributed by atoms with van der Waals surface area (Å²) in [4.78, 5) is 0. The molecule has 0 amide bonds. The van der Waals surface area contributed by atoms with Crippen LogP contribution in [-0.2, 0) is 0 Å². The van der Waals surface area contributed by atoms with Gasteiger partial charge in [-0.1, -0.05) is 92.3 Å². The predicted octanol–water partition coefficient (Wildman–Crippen LogP) is 6.99. The molecule has 1 aromatic rings. The SMILES string of the molecule is C=C(CC)CC1C=C(C/C(=C\C2C=CC=C2)CC)c2ccccc21. The molecule has 1 aromatic carbocycles. The Morgan fingerprint density at radius 3 is 2.54 bits per heavy atom. The summed E-state index contributed by atoms with van der Waals surface area (Å²) in [6, 6.07) is 8.92. The summed E-state index contributed by atoms with van der Waals surface area (Å²) in [5.41, 5.74) is 7.31. The van der Waals surface area contributed by atoms with Gasteiger partial charge in [0.1, 0.15) is 0 Å². The molecule has 3 rings (SSSR count). The number of benzene rings is 1. The number of hydrogen-bond acceptors (Lipinski definition) is 0. The predicted molar refractivity (Wildman–Crippen MR) is 106 cm³/mol. The first kappa shape index (κ1) is 16.8. The van der Waals surface area contributed by atoms with E-state index in [1.165, 1.54) is 27.8 Å². The molecule has 0 spiro atoms. The molecule has 0 saturated carbocycles. The molecular weight excluding hydrogens is 288 g/mol.